The largest absolute Gasteiger partial charge is 0.489 e. The topological polar surface area (TPSA) is 86.2 Å². The van der Waals surface area contributed by atoms with E-state index in [0.29, 0.717) is 30.3 Å². The third-order valence-corrected chi connectivity index (χ3v) is 2.45. The first-order valence-electron chi connectivity index (χ1n) is 6.21. The van der Waals surface area contributed by atoms with E-state index in [-0.39, 0.29) is 6.10 Å². The molecule has 1 heterocycles. The summed E-state index contributed by atoms with van der Waals surface area (Å²) in [6, 6.07) is 5.63. The van der Waals surface area contributed by atoms with Gasteiger partial charge in [-0.25, -0.2) is 0 Å². The highest BCUT2D eigenvalue weighted by Gasteiger charge is 2.05. The van der Waals surface area contributed by atoms with E-state index >= 15 is 0 Å². The van der Waals surface area contributed by atoms with Crippen LogP contribution < -0.4 is 15.8 Å². The number of hydrogen-bond acceptors (Lipinski definition) is 6. The second-order valence-corrected chi connectivity index (χ2v) is 4.43. The van der Waals surface area contributed by atoms with Gasteiger partial charge in [0.1, 0.15) is 5.75 Å². The molecule has 0 radical (unpaired) electrons. The first kappa shape index (κ1) is 13.2. The summed E-state index contributed by atoms with van der Waals surface area (Å²) in [4.78, 5) is 3.96. The molecule has 0 fully saturated rings. The number of rotatable bonds is 6. The number of nitrogens with two attached hydrogens (primary N) is 1. The molecule has 0 saturated carbocycles. The Morgan fingerprint density at radius 3 is 2.95 bits per heavy atom. The fourth-order valence-electron chi connectivity index (χ4n) is 1.62. The van der Waals surface area contributed by atoms with Gasteiger partial charge < -0.3 is 20.3 Å². The molecule has 0 unspecified atom stereocenters. The van der Waals surface area contributed by atoms with Gasteiger partial charge in [0.15, 0.2) is 6.33 Å². The Labute approximate surface area is 112 Å². The summed E-state index contributed by atoms with van der Waals surface area (Å²) in [5, 5.41) is 6.82. The van der Waals surface area contributed by atoms with Gasteiger partial charge in [0, 0.05) is 24.7 Å². The van der Waals surface area contributed by atoms with Crippen molar-refractivity contribution in [1.29, 1.82) is 0 Å². The van der Waals surface area contributed by atoms with Crippen LogP contribution in [-0.4, -0.2) is 22.8 Å². The van der Waals surface area contributed by atoms with E-state index in [4.69, 9.17) is 15.0 Å². The molecule has 2 aromatic rings. The predicted octanol–water partition coefficient (Wildman–Crippen LogP) is 2.09. The average molecular weight is 262 g/mol. The lowest BCUT2D eigenvalue weighted by atomic mass is 10.2. The first-order chi connectivity index (χ1) is 9.15. The lowest BCUT2D eigenvalue weighted by molar-refractivity contribution is 0.244. The smallest absolute Gasteiger partial charge is 0.228 e. The zero-order valence-electron chi connectivity index (χ0n) is 11.1. The maximum atomic E-state index is 5.86. The summed E-state index contributed by atoms with van der Waals surface area (Å²) < 4.78 is 10.6. The van der Waals surface area contributed by atoms with E-state index in [1.54, 1.807) is 0 Å². The van der Waals surface area contributed by atoms with Crippen molar-refractivity contribution in [2.24, 2.45) is 0 Å². The maximum Gasteiger partial charge on any atom is 0.228 e. The molecule has 0 amide bonds. The number of aromatic nitrogens is 2. The zero-order valence-corrected chi connectivity index (χ0v) is 11.1. The number of nitrogens with one attached hydrogen (secondary N) is 1. The summed E-state index contributed by atoms with van der Waals surface area (Å²) in [6.45, 7) is 4.64. The Morgan fingerprint density at radius 2 is 2.26 bits per heavy atom. The fraction of sp³-hybridized carbons (Fsp3) is 0.385. The van der Waals surface area contributed by atoms with Crippen LogP contribution in [-0.2, 0) is 6.42 Å². The van der Waals surface area contributed by atoms with Crippen LogP contribution in [0.2, 0.25) is 0 Å². The number of nitrogens with zero attached hydrogens (tertiary/aromatic N) is 2. The Balaban J connectivity index is 1.93. The first-order valence-corrected chi connectivity index (χ1v) is 6.21. The van der Waals surface area contributed by atoms with Crippen molar-refractivity contribution >= 4 is 11.4 Å². The second kappa shape index (κ2) is 6.08. The van der Waals surface area contributed by atoms with Gasteiger partial charge in [-0.2, -0.15) is 4.98 Å². The maximum absolute atomic E-state index is 5.86. The molecule has 0 aliphatic heterocycles. The number of ether oxygens (including phenoxy) is 1. The lowest BCUT2D eigenvalue weighted by Gasteiger charge is -2.14. The SMILES string of the molecule is CC(C)Oc1cc(NCCc2ncno2)ccc1N. The van der Waals surface area contributed by atoms with Crippen LogP contribution >= 0.6 is 0 Å². The predicted molar refractivity (Wildman–Crippen MR) is 73.1 cm³/mol. The Hall–Kier alpha value is -2.24. The molecular weight excluding hydrogens is 244 g/mol. The van der Waals surface area contributed by atoms with Crippen molar-refractivity contribution < 1.29 is 9.26 Å². The van der Waals surface area contributed by atoms with Gasteiger partial charge in [-0.15, -0.1) is 0 Å². The summed E-state index contributed by atoms with van der Waals surface area (Å²) in [7, 11) is 0. The minimum absolute atomic E-state index is 0.0935. The highest BCUT2D eigenvalue weighted by molar-refractivity contribution is 5.61. The van der Waals surface area contributed by atoms with E-state index < -0.39 is 0 Å². The van der Waals surface area contributed by atoms with Crippen molar-refractivity contribution in [2.75, 3.05) is 17.6 Å². The molecule has 1 aromatic carbocycles. The van der Waals surface area contributed by atoms with Crippen LogP contribution in [0.15, 0.2) is 29.0 Å². The van der Waals surface area contributed by atoms with Gasteiger partial charge in [-0.1, -0.05) is 5.16 Å². The van der Waals surface area contributed by atoms with E-state index in [0.717, 1.165) is 5.69 Å². The zero-order chi connectivity index (χ0) is 13.7. The van der Waals surface area contributed by atoms with Crippen LogP contribution in [0, 0.1) is 0 Å². The molecule has 0 saturated heterocycles. The third kappa shape index (κ3) is 3.87. The highest BCUT2D eigenvalue weighted by Crippen LogP contribution is 2.26. The van der Waals surface area contributed by atoms with E-state index in [1.807, 2.05) is 32.0 Å². The molecule has 0 aliphatic rings. The molecule has 3 N–H and O–H groups in total. The van der Waals surface area contributed by atoms with Gasteiger partial charge in [-0.3, -0.25) is 0 Å². The Kier molecular flexibility index (Phi) is 4.22. The standard InChI is InChI=1S/C13H18N4O2/c1-9(2)18-12-7-10(3-4-11(12)14)15-6-5-13-16-8-17-19-13/h3-4,7-9,15H,5-6,14H2,1-2H3. The number of nitrogen functional groups attached to an aromatic ring is 1. The van der Waals surface area contributed by atoms with Crippen LogP contribution in [0.1, 0.15) is 19.7 Å². The quantitative estimate of drug-likeness (QED) is 0.775. The fourth-order valence-corrected chi connectivity index (χ4v) is 1.62. The van der Waals surface area contributed by atoms with Crippen LogP contribution in [0.5, 0.6) is 5.75 Å². The molecule has 19 heavy (non-hydrogen) atoms. The molecule has 0 aliphatic carbocycles. The molecule has 6 nitrogen and oxygen atoms in total. The molecule has 1 aromatic heterocycles. The minimum Gasteiger partial charge on any atom is -0.489 e. The van der Waals surface area contributed by atoms with E-state index in [1.165, 1.54) is 6.33 Å². The van der Waals surface area contributed by atoms with Gasteiger partial charge in [0.25, 0.3) is 0 Å². The van der Waals surface area contributed by atoms with Crippen molar-refractivity contribution in [3.63, 3.8) is 0 Å². The second-order valence-electron chi connectivity index (χ2n) is 4.43. The highest BCUT2D eigenvalue weighted by atomic mass is 16.5. The number of benzene rings is 1. The van der Waals surface area contributed by atoms with Gasteiger partial charge >= 0.3 is 0 Å². The van der Waals surface area contributed by atoms with Gasteiger partial charge in [-0.05, 0) is 26.0 Å². The monoisotopic (exact) mass is 262 g/mol. The van der Waals surface area contributed by atoms with E-state index in [9.17, 15) is 0 Å². The number of anilines is 2. The molecular formula is C13H18N4O2. The van der Waals surface area contributed by atoms with Crippen molar-refractivity contribution in [1.82, 2.24) is 10.1 Å². The summed E-state index contributed by atoms with van der Waals surface area (Å²) >= 11 is 0. The minimum atomic E-state index is 0.0935. The van der Waals surface area contributed by atoms with E-state index in [2.05, 4.69) is 15.5 Å². The molecule has 0 atom stereocenters. The molecule has 0 bridgehead atoms. The van der Waals surface area contributed by atoms with Crippen LogP contribution in [0.3, 0.4) is 0 Å². The van der Waals surface area contributed by atoms with Crippen molar-refractivity contribution in [2.45, 2.75) is 26.4 Å². The molecule has 6 heteroatoms. The number of hydrogen-bond donors (Lipinski definition) is 2. The van der Waals surface area contributed by atoms with Crippen molar-refractivity contribution in [3.05, 3.63) is 30.4 Å². The van der Waals surface area contributed by atoms with Gasteiger partial charge in [0.05, 0.1) is 11.8 Å². The normalized spacial score (nSPS) is 10.7. The molecule has 102 valence electrons. The third-order valence-electron chi connectivity index (χ3n) is 2.45. The average Bonchev–Trinajstić information content (AvgIpc) is 2.86. The van der Waals surface area contributed by atoms with Crippen molar-refractivity contribution in [3.8, 4) is 5.75 Å². The summed E-state index contributed by atoms with van der Waals surface area (Å²) in [5.74, 6) is 1.30. The summed E-state index contributed by atoms with van der Waals surface area (Å²) in [6.07, 6.45) is 2.16. The van der Waals surface area contributed by atoms with Crippen LogP contribution in [0.25, 0.3) is 0 Å². The summed E-state index contributed by atoms with van der Waals surface area (Å²) in [5.41, 5.74) is 7.44. The lowest BCUT2D eigenvalue weighted by Crippen LogP contribution is -2.09. The van der Waals surface area contributed by atoms with Gasteiger partial charge in [0.2, 0.25) is 5.89 Å². The Bertz CT molecular complexity index is 511. The van der Waals surface area contributed by atoms with Crippen LogP contribution in [0.4, 0.5) is 11.4 Å². The molecule has 2 rings (SSSR count). The molecule has 0 spiro atoms. The Morgan fingerprint density at radius 1 is 1.42 bits per heavy atom.